The molecule has 0 saturated carbocycles. The summed E-state index contributed by atoms with van der Waals surface area (Å²) in [5, 5.41) is 15.3. The van der Waals surface area contributed by atoms with Gasteiger partial charge in [-0.1, -0.05) is 6.42 Å². The first-order valence-electron chi connectivity index (χ1n) is 9.48. The van der Waals surface area contributed by atoms with Crippen LogP contribution in [0, 0.1) is 5.41 Å². The van der Waals surface area contributed by atoms with Gasteiger partial charge in [0.25, 0.3) is 0 Å². The van der Waals surface area contributed by atoms with Gasteiger partial charge in [0.05, 0.1) is 18.9 Å². The Morgan fingerprint density at radius 3 is 2.68 bits per heavy atom. The number of hydrogen-bond donors (Lipinski definition) is 3. The van der Waals surface area contributed by atoms with Gasteiger partial charge in [0.1, 0.15) is 17.5 Å². The van der Waals surface area contributed by atoms with Crippen molar-refractivity contribution >= 4 is 11.5 Å². The predicted molar refractivity (Wildman–Crippen MR) is 98.7 cm³/mol. The zero-order chi connectivity index (χ0) is 17.1. The van der Waals surface area contributed by atoms with E-state index in [1.807, 2.05) is 6.08 Å². The SMILES string of the molecule is N=C(/C=C1/N=C(N2CCC2)C=C(N2CCOCC2)N1)C1CCCCN1. The molecule has 3 saturated heterocycles. The Kier molecular flexibility index (Phi) is 5.03. The Balaban J connectivity index is 1.52. The van der Waals surface area contributed by atoms with Crippen LogP contribution in [0.2, 0.25) is 0 Å². The van der Waals surface area contributed by atoms with Crippen LogP contribution < -0.4 is 10.6 Å². The molecule has 0 amide bonds. The molecule has 0 radical (unpaired) electrons. The van der Waals surface area contributed by atoms with Crippen molar-refractivity contribution in [2.75, 3.05) is 45.9 Å². The fourth-order valence-corrected chi connectivity index (χ4v) is 3.59. The van der Waals surface area contributed by atoms with E-state index in [1.54, 1.807) is 0 Å². The quantitative estimate of drug-likeness (QED) is 0.663. The second-order valence-electron chi connectivity index (χ2n) is 7.05. The van der Waals surface area contributed by atoms with Crippen LogP contribution in [0.1, 0.15) is 25.7 Å². The normalized spacial score (nSPS) is 28.8. The number of piperidine rings is 1. The van der Waals surface area contributed by atoms with Gasteiger partial charge in [-0.05, 0) is 25.8 Å². The number of morpholine rings is 1. The lowest BCUT2D eigenvalue weighted by Gasteiger charge is -2.37. The minimum Gasteiger partial charge on any atom is -0.378 e. The summed E-state index contributed by atoms with van der Waals surface area (Å²) in [7, 11) is 0. The first-order valence-corrected chi connectivity index (χ1v) is 9.48. The van der Waals surface area contributed by atoms with Gasteiger partial charge < -0.3 is 30.6 Å². The topological polar surface area (TPSA) is 76.0 Å². The van der Waals surface area contributed by atoms with Crippen molar-refractivity contribution in [2.45, 2.75) is 31.7 Å². The molecule has 0 bridgehead atoms. The van der Waals surface area contributed by atoms with Crippen molar-refractivity contribution in [1.82, 2.24) is 20.4 Å². The number of amidine groups is 1. The Morgan fingerprint density at radius 1 is 1.16 bits per heavy atom. The minimum absolute atomic E-state index is 0.156. The molecule has 4 heterocycles. The first-order chi connectivity index (χ1) is 12.3. The largest absolute Gasteiger partial charge is 0.378 e. The standard InChI is InChI=1S/C18H28N6O/c19-14(15-4-1-2-5-20-15)12-16-21-17(23-6-3-7-23)13-18(22-16)24-8-10-25-11-9-24/h12-13,15,19-20,22H,1-11H2/b16-12-,19-14?. The highest BCUT2D eigenvalue weighted by molar-refractivity contribution is 5.99. The molecule has 1 unspecified atom stereocenters. The second kappa shape index (κ2) is 7.58. The van der Waals surface area contributed by atoms with Crippen LogP contribution in [0.3, 0.4) is 0 Å². The fraction of sp³-hybridized carbons (Fsp3) is 0.667. The fourth-order valence-electron chi connectivity index (χ4n) is 3.59. The molecule has 0 aromatic rings. The van der Waals surface area contributed by atoms with E-state index in [-0.39, 0.29) is 6.04 Å². The number of aliphatic imine (C=N–C) groups is 1. The number of hydrogen-bond acceptors (Lipinski definition) is 7. The van der Waals surface area contributed by atoms with E-state index < -0.39 is 0 Å². The Labute approximate surface area is 149 Å². The summed E-state index contributed by atoms with van der Waals surface area (Å²) < 4.78 is 5.47. The molecule has 4 rings (SSSR count). The average Bonchev–Trinajstić information content (AvgIpc) is 2.61. The maximum atomic E-state index is 8.45. The summed E-state index contributed by atoms with van der Waals surface area (Å²) in [6, 6.07) is 0.156. The van der Waals surface area contributed by atoms with E-state index in [1.165, 1.54) is 19.3 Å². The summed E-state index contributed by atoms with van der Waals surface area (Å²) >= 11 is 0. The van der Waals surface area contributed by atoms with Gasteiger partial charge in [0.2, 0.25) is 0 Å². The smallest absolute Gasteiger partial charge is 0.135 e. The summed E-state index contributed by atoms with van der Waals surface area (Å²) in [5.74, 6) is 2.88. The third-order valence-corrected chi connectivity index (χ3v) is 5.27. The molecule has 0 aliphatic carbocycles. The van der Waals surface area contributed by atoms with E-state index in [0.29, 0.717) is 5.71 Å². The van der Waals surface area contributed by atoms with Crippen LogP contribution >= 0.6 is 0 Å². The molecule has 1 atom stereocenters. The van der Waals surface area contributed by atoms with E-state index in [0.717, 1.165) is 69.8 Å². The Morgan fingerprint density at radius 2 is 2.00 bits per heavy atom. The number of nitrogens with one attached hydrogen (secondary N) is 3. The Bertz CT molecular complexity index is 595. The van der Waals surface area contributed by atoms with Gasteiger partial charge in [0, 0.05) is 44.4 Å². The van der Waals surface area contributed by atoms with Crippen molar-refractivity contribution in [2.24, 2.45) is 4.99 Å². The molecule has 0 aromatic heterocycles. The molecule has 0 spiro atoms. The number of rotatable bonds is 3. The third-order valence-electron chi connectivity index (χ3n) is 5.27. The lowest BCUT2D eigenvalue weighted by molar-refractivity contribution is 0.0509. The highest BCUT2D eigenvalue weighted by atomic mass is 16.5. The van der Waals surface area contributed by atoms with Crippen LogP contribution in [-0.2, 0) is 4.74 Å². The zero-order valence-electron chi connectivity index (χ0n) is 14.8. The van der Waals surface area contributed by atoms with E-state index in [4.69, 9.17) is 15.1 Å². The molecule has 3 fully saturated rings. The van der Waals surface area contributed by atoms with Crippen LogP contribution in [-0.4, -0.2) is 73.3 Å². The third kappa shape index (κ3) is 3.88. The van der Waals surface area contributed by atoms with Gasteiger partial charge >= 0.3 is 0 Å². The molecule has 4 aliphatic heterocycles. The predicted octanol–water partition coefficient (Wildman–Crippen LogP) is 0.871. The molecule has 136 valence electrons. The molecule has 7 heteroatoms. The average molecular weight is 344 g/mol. The van der Waals surface area contributed by atoms with Gasteiger partial charge in [-0.25, -0.2) is 4.99 Å². The lowest BCUT2D eigenvalue weighted by atomic mass is 10.0. The minimum atomic E-state index is 0.156. The van der Waals surface area contributed by atoms with Crippen LogP contribution in [0.25, 0.3) is 0 Å². The molecule has 25 heavy (non-hydrogen) atoms. The number of likely N-dealkylation sites (tertiary alicyclic amines) is 1. The van der Waals surface area contributed by atoms with Crippen molar-refractivity contribution in [3.05, 3.63) is 23.8 Å². The highest BCUT2D eigenvalue weighted by Gasteiger charge is 2.25. The summed E-state index contributed by atoms with van der Waals surface area (Å²) in [5.41, 5.74) is 0.622. The number of ether oxygens (including phenoxy) is 1. The second-order valence-corrected chi connectivity index (χ2v) is 7.05. The van der Waals surface area contributed by atoms with Crippen molar-refractivity contribution < 1.29 is 4.74 Å². The van der Waals surface area contributed by atoms with Crippen molar-refractivity contribution in [3.8, 4) is 0 Å². The molecule has 7 nitrogen and oxygen atoms in total. The summed E-state index contributed by atoms with van der Waals surface area (Å²) in [4.78, 5) is 9.39. The molecule has 3 N–H and O–H groups in total. The van der Waals surface area contributed by atoms with Crippen LogP contribution in [0.5, 0.6) is 0 Å². The van der Waals surface area contributed by atoms with Crippen LogP contribution in [0.15, 0.2) is 28.8 Å². The van der Waals surface area contributed by atoms with Crippen molar-refractivity contribution in [1.29, 1.82) is 5.41 Å². The van der Waals surface area contributed by atoms with Gasteiger partial charge in [-0.2, -0.15) is 0 Å². The molecular weight excluding hydrogens is 316 g/mol. The zero-order valence-corrected chi connectivity index (χ0v) is 14.8. The van der Waals surface area contributed by atoms with E-state index in [2.05, 4.69) is 26.5 Å². The summed E-state index contributed by atoms with van der Waals surface area (Å²) in [6.45, 7) is 6.44. The van der Waals surface area contributed by atoms with Gasteiger partial charge in [0.15, 0.2) is 0 Å². The lowest BCUT2D eigenvalue weighted by Crippen LogP contribution is -2.46. The molecular formula is C18H28N6O. The first kappa shape index (κ1) is 16.6. The number of nitrogens with zero attached hydrogens (tertiary/aromatic N) is 3. The highest BCUT2D eigenvalue weighted by Crippen LogP contribution is 2.18. The maximum absolute atomic E-state index is 8.45. The van der Waals surface area contributed by atoms with Crippen LogP contribution in [0.4, 0.5) is 0 Å². The van der Waals surface area contributed by atoms with Crippen molar-refractivity contribution in [3.63, 3.8) is 0 Å². The maximum Gasteiger partial charge on any atom is 0.135 e. The molecule has 4 aliphatic rings. The van der Waals surface area contributed by atoms with Gasteiger partial charge in [-0.3, -0.25) is 0 Å². The summed E-state index contributed by atoms with van der Waals surface area (Å²) in [6.07, 6.45) is 8.71. The monoisotopic (exact) mass is 344 g/mol. The Hall–Kier alpha value is -1.86. The van der Waals surface area contributed by atoms with E-state index in [9.17, 15) is 0 Å². The van der Waals surface area contributed by atoms with E-state index >= 15 is 0 Å². The molecule has 0 aromatic carbocycles. The van der Waals surface area contributed by atoms with Gasteiger partial charge in [-0.15, -0.1) is 0 Å².